The number of aryl methyl sites for hydroxylation is 1. The predicted molar refractivity (Wildman–Crippen MR) is 106 cm³/mol. The number of sulfonamides is 1. The molecule has 0 heterocycles. The first kappa shape index (κ1) is 21.3. The van der Waals surface area contributed by atoms with Gasteiger partial charge in [0.2, 0.25) is 0 Å². The van der Waals surface area contributed by atoms with Gasteiger partial charge in [-0.2, -0.15) is 0 Å². The number of benzene rings is 2. The summed E-state index contributed by atoms with van der Waals surface area (Å²) in [6, 6.07) is 11.2. The summed E-state index contributed by atoms with van der Waals surface area (Å²) in [6.07, 6.45) is 1.11. The van der Waals surface area contributed by atoms with Crippen LogP contribution in [0.4, 0.5) is 0 Å². The van der Waals surface area contributed by atoms with Crippen LogP contribution >= 0.6 is 0 Å². The Bertz CT molecular complexity index is 942. The van der Waals surface area contributed by atoms with Crippen LogP contribution in [0, 0.1) is 6.92 Å². The van der Waals surface area contributed by atoms with Crippen molar-refractivity contribution in [2.75, 3.05) is 20.8 Å². The molecule has 2 aromatic carbocycles. The average Bonchev–Trinajstić information content (AvgIpc) is 2.68. The molecule has 0 saturated carbocycles. The lowest BCUT2D eigenvalue weighted by Gasteiger charge is -2.12. The van der Waals surface area contributed by atoms with Crippen molar-refractivity contribution in [1.29, 1.82) is 0 Å². The molecule has 7 nitrogen and oxygen atoms in total. The average molecular weight is 405 g/mol. The molecule has 0 aromatic heterocycles. The first-order valence-corrected chi connectivity index (χ1v) is 9.98. The molecule has 0 unspecified atom stereocenters. The van der Waals surface area contributed by atoms with Crippen molar-refractivity contribution in [2.24, 2.45) is 0 Å². The Morgan fingerprint density at radius 3 is 2.11 bits per heavy atom. The number of carbonyl (C=O) groups is 1. The molecule has 0 aliphatic rings. The number of ether oxygens (including phenoxy) is 3. The van der Waals surface area contributed by atoms with Crippen LogP contribution < -0.4 is 14.2 Å². The molecule has 0 amide bonds. The Morgan fingerprint density at radius 2 is 1.61 bits per heavy atom. The van der Waals surface area contributed by atoms with Crippen molar-refractivity contribution in [3.63, 3.8) is 0 Å². The number of hydrogen-bond donors (Lipinski definition) is 1. The Labute approximate surface area is 165 Å². The van der Waals surface area contributed by atoms with Crippen molar-refractivity contribution >= 4 is 21.6 Å². The normalized spacial score (nSPS) is 11.6. The first-order valence-electron chi connectivity index (χ1n) is 8.50. The van der Waals surface area contributed by atoms with Gasteiger partial charge in [0.25, 0.3) is 10.0 Å². The van der Waals surface area contributed by atoms with Gasteiger partial charge >= 0.3 is 5.97 Å². The standard InChI is InChI=1S/C20H23NO6S/c1-5-27-20(22)19(15-10-16(25-3)12-17(11-15)26-4)13-21-28(23,24)18-8-6-14(2)7-9-18/h6-13,21H,5H2,1-4H3/b19-13+. The molecule has 8 heteroatoms. The first-order chi connectivity index (χ1) is 13.3. The fraction of sp³-hybridized carbons (Fsp3) is 0.250. The van der Waals surface area contributed by atoms with E-state index in [2.05, 4.69) is 4.72 Å². The number of methoxy groups -OCH3 is 2. The summed E-state index contributed by atoms with van der Waals surface area (Å²) in [7, 11) is -0.899. The summed E-state index contributed by atoms with van der Waals surface area (Å²) in [4.78, 5) is 12.5. The molecule has 0 radical (unpaired) electrons. The third-order valence-corrected chi connectivity index (χ3v) is 5.17. The minimum Gasteiger partial charge on any atom is -0.497 e. The second kappa shape index (κ2) is 9.27. The second-order valence-electron chi connectivity index (χ2n) is 5.81. The highest BCUT2D eigenvalue weighted by atomic mass is 32.2. The van der Waals surface area contributed by atoms with Gasteiger partial charge in [-0.25, -0.2) is 13.2 Å². The van der Waals surface area contributed by atoms with Gasteiger partial charge in [-0.1, -0.05) is 17.7 Å². The van der Waals surface area contributed by atoms with Gasteiger partial charge in [-0.05, 0) is 43.7 Å². The summed E-state index contributed by atoms with van der Waals surface area (Å²) < 4.78 is 42.9. The van der Waals surface area contributed by atoms with Gasteiger partial charge in [0, 0.05) is 12.3 Å². The summed E-state index contributed by atoms with van der Waals surface area (Å²) in [5.74, 6) is 0.223. The van der Waals surface area contributed by atoms with Crippen molar-refractivity contribution in [1.82, 2.24) is 4.72 Å². The van der Waals surface area contributed by atoms with E-state index in [0.717, 1.165) is 11.8 Å². The van der Waals surface area contributed by atoms with Crippen molar-refractivity contribution in [2.45, 2.75) is 18.7 Å². The van der Waals surface area contributed by atoms with Crippen LogP contribution in [0.2, 0.25) is 0 Å². The van der Waals surface area contributed by atoms with E-state index in [9.17, 15) is 13.2 Å². The minimum absolute atomic E-state index is 0.0229. The van der Waals surface area contributed by atoms with Gasteiger partial charge in [-0.15, -0.1) is 0 Å². The monoisotopic (exact) mass is 405 g/mol. The fourth-order valence-electron chi connectivity index (χ4n) is 2.35. The molecule has 28 heavy (non-hydrogen) atoms. The van der Waals surface area contributed by atoms with Crippen molar-refractivity contribution < 1.29 is 27.4 Å². The van der Waals surface area contributed by atoms with E-state index in [1.54, 1.807) is 37.3 Å². The summed E-state index contributed by atoms with van der Waals surface area (Å²) in [6.45, 7) is 3.67. The second-order valence-corrected chi connectivity index (χ2v) is 7.53. The number of rotatable bonds is 8. The van der Waals surface area contributed by atoms with E-state index in [0.29, 0.717) is 17.1 Å². The van der Waals surface area contributed by atoms with Crippen molar-refractivity contribution in [3.8, 4) is 11.5 Å². The van der Waals surface area contributed by atoms with E-state index in [4.69, 9.17) is 14.2 Å². The van der Waals surface area contributed by atoms with Crippen LogP contribution in [0.5, 0.6) is 11.5 Å². The van der Waals surface area contributed by atoms with Crippen LogP contribution in [-0.2, 0) is 19.6 Å². The highest BCUT2D eigenvalue weighted by Gasteiger charge is 2.18. The summed E-state index contributed by atoms with van der Waals surface area (Å²) in [5, 5.41) is 0. The molecule has 0 atom stereocenters. The van der Waals surface area contributed by atoms with Gasteiger partial charge in [0.05, 0.1) is 31.3 Å². The largest absolute Gasteiger partial charge is 0.497 e. The van der Waals surface area contributed by atoms with E-state index in [1.165, 1.54) is 26.4 Å². The zero-order chi connectivity index (χ0) is 20.7. The molecule has 0 saturated heterocycles. The Balaban J connectivity index is 2.46. The molecule has 0 fully saturated rings. The third kappa shape index (κ3) is 5.26. The molecule has 1 N–H and O–H groups in total. The van der Waals surface area contributed by atoms with Crippen LogP contribution in [0.15, 0.2) is 53.6 Å². The number of nitrogens with one attached hydrogen (secondary N) is 1. The van der Waals surface area contributed by atoms with Crippen LogP contribution in [0.1, 0.15) is 18.1 Å². The molecule has 150 valence electrons. The van der Waals surface area contributed by atoms with Gasteiger partial charge in [-0.3, -0.25) is 4.72 Å². The minimum atomic E-state index is -3.86. The molecular weight excluding hydrogens is 382 g/mol. The van der Waals surface area contributed by atoms with Crippen LogP contribution in [0.3, 0.4) is 0 Å². The highest BCUT2D eigenvalue weighted by Crippen LogP contribution is 2.27. The maximum atomic E-state index is 12.5. The van der Waals surface area contributed by atoms with E-state index < -0.39 is 16.0 Å². The molecule has 2 aromatic rings. The van der Waals surface area contributed by atoms with Crippen molar-refractivity contribution in [3.05, 3.63) is 59.8 Å². The van der Waals surface area contributed by atoms with Crippen LogP contribution in [0.25, 0.3) is 5.57 Å². The van der Waals surface area contributed by atoms with Gasteiger partial charge in [0.15, 0.2) is 0 Å². The topological polar surface area (TPSA) is 90.9 Å². The lowest BCUT2D eigenvalue weighted by molar-refractivity contribution is -0.136. The summed E-state index contributed by atoms with van der Waals surface area (Å²) >= 11 is 0. The van der Waals surface area contributed by atoms with E-state index in [-0.39, 0.29) is 17.1 Å². The molecule has 0 bridgehead atoms. The molecule has 0 aliphatic heterocycles. The van der Waals surface area contributed by atoms with E-state index in [1.807, 2.05) is 6.92 Å². The third-order valence-electron chi connectivity index (χ3n) is 3.85. The Morgan fingerprint density at radius 1 is 1.04 bits per heavy atom. The SMILES string of the molecule is CCOC(=O)/C(=C/NS(=O)(=O)c1ccc(C)cc1)c1cc(OC)cc(OC)c1. The summed E-state index contributed by atoms with van der Waals surface area (Å²) in [5.41, 5.74) is 1.35. The Kier molecular flexibility index (Phi) is 7.06. The van der Waals surface area contributed by atoms with Gasteiger partial charge < -0.3 is 14.2 Å². The Hall–Kier alpha value is -3.00. The molecule has 0 spiro atoms. The smallest absolute Gasteiger partial charge is 0.340 e. The van der Waals surface area contributed by atoms with E-state index >= 15 is 0 Å². The van der Waals surface area contributed by atoms with Gasteiger partial charge in [0.1, 0.15) is 11.5 Å². The number of hydrogen-bond acceptors (Lipinski definition) is 6. The highest BCUT2D eigenvalue weighted by molar-refractivity contribution is 7.89. The number of carbonyl (C=O) groups excluding carboxylic acids is 1. The zero-order valence-corrected chi connectivity index (χ0v) is 17.0. The number of esters is 1. The quantitative estimate of drug-likeness (QED) is 0.536. The molecule has 2 rings (SSSR count). The molecule has 0 aliphatic carbocycles. The molecular formula is C20H23NO6S. The maximum Gasteiger partial charge on any atom is 0.340 e. The maximum absolute atomic E-state index is 12.5. The fourth-order valence-corrected chi connectivity index (χ4v) is 3.26. The predicted octanol–water partition coefficient (Wildman–Crippen LogP) is 2.89. The zero-order valence-electron chi connectivity index (χ0n) is 16.2. The lowest BCUT2D eigenvalue weighted by Crippen LogP contribution is -2.20. The lowest BCUT2D eigenvalue weighted by atomic mass is 10.1. The van der Waals surface area contributed by atoms with Crippen LogP contribution in [-0.4, -0.2) is 35.2 Å².